The molecule has 0 spiro atoms. The Hall–Kier alpha value is -3.42. The number of thiocarbonyl (C=S) groups is 1. The monoisotopic (exact) mass is 506 g/mol. The van der Waals surface area contributed by atoms with E-state index in [9.17, 15) is 9.59 Å². The number of hydrogen-bond acceptors (Lipinski definition) is 4. The second-order valence-electron chi connectivity index (χ2n) is 8.30. The Morgan fingerprint density at radius 2 is 1.60 bits per heavy atom. The van der Waals surface area contributed by atoms with Gasteiger partial charge in [0.15, 0.2) is 5.11 Å². The summed E-state index contributed by atoms with van der Waals surface area (Å²) in [7, 11) is 0. The van der Waals surface area contributed by atoms with E-state index in [0.29, 0.717) is 23.7 Å². The molecule has 3 aromatic rings. The molecule has 0 aromatic heterocycles. The number of rotatable bonds is 5. The van der Waals surface area contributed by atoms with E-state index in [1.54, 1.807) is 24.3 Å². The molecule has 3 aromatic carbocycles. The zero-order valence-electron chi connectivity index (χ0n) is 19.5. The molecule has 1 aliphatic rings. The minimum Gasteiger partial charge on any atom is -0.368 e. The summed E-state index contributed by atoms with van der Waals surface area (Å²) in [6.45, 7) is 4.98. The third-order valence-electron chi connectivity index (χ3n) is 5.98. The zero-order chi connectivity index (χ0) is 24.8. The molecule has 2 amide bonds. The van der Waals surface area contributed by atoms with E-state index >= 15 is 0 Å². The maximum Gasteiger partial charge on any atom is 0.257 e. The van der Waals surface area contributed by atoms with Gasteiger partial charge in [-0.05, 0) is 78.8 Å². The van der Waals surface area contributed by atoms with E-state index < -0.39 is 0 Å². The summed E-state index contributed by atoms with van der Waals surface area (Å²) in [6, 6.07) is 22.4. The number of halogens is 1. The largest absolute Gasteiger partial charge is 0.368 e. The van der Waals surface area contributed by atoms with Crippen LogP contribution in [0.5, 0.6) is 0 Å². The fourth-order valence-electron chi connectivity index (χ4n) is 3.96. The second-order valence-corrected chi connectivity index (χ2v) is 9.14. The molecule has 35 heavy (non-hydrogen) atoms. The first kappa shape index (κ1) is 24.7. The van der Waals surface area contributed by atoms with Gasteiger partial charge in [0.05, 0.1) is 0 Å². The molecule has 1 saturated heterocycles. The van der Waals surface area contributed by atoms with Crippen molar-refractivity contribution in [3.63, 3.8) is 0 Å². The molecule has 0 unspecified atom stereocenters. The Bertz CT molecular complexity index is 1210. The molecule has 4 rings (SSSR count). The highest BCUT2D eigenvalue weighted by atomic mass is 35.5. The van der Waals surface area contributed by atoms with Gasteiger partial charge >= 0.3 is 0 Å². The molecule has 6 nitrogen and oxygen atoms in total. The zero-order valence-corrected chi connectivity index (χ0v) is 21.0. The molecule has 180 valence electrons. The van der Waals surface area contributed by atoms with Gasteiger partial charge < -0.3 is 15.1 Å². The first-order chi connectivity index (χ1) is 16.9. The minimum atomic E-state index is -0.324. The topological polar surface area (TPSA) is 64.7 Å². The minimum absolute atomic E-state index is 0.0835. The third kappa shape index (κ3) is 6.38. The van der Waals surface area contributed by atoms with E-state index in [1.165, 1.54) is 5.56 Å². The van der Waals surface area contributed by atoms with Crippen molar-refractivity contribution in [1.29, 1.82) is 0 Å². The van der Waals surface area contributed by atoms with Crippen LogP contribution in [0.4, 0.5) is 11.4 Å². The first-order valence-corrected chi connectivity index (χ1v) is 12.3. The van der Waals surface area contributed by atoms with Gasteiger partial charge in [0.25, 0.3) is 11.8 Å². The van der Waals surface area contributed by atoms with Crippen molar-refractivity contribution < 1.29 is 9.59 Å². The van der Waals surface area contributed by atoms with Gasteiger partial charge in [0.2, 0.25) is 0 Å². The summed E-state index contributed by atoms with van der Waals surface area (Å²) >= 11 is 11.2. The highest BCUT2D eigenvalue weighted by molar-refractivity contribution is 7.80. The van der Waals surface area contributed by atoms with Crippen LogP contribution in [0, 0.1) is 0 Å². The lowest BCUT2D eigenvalue weighted by atomic mass is 10.1. The molecule has 0 bridgehead atoms. The number of anilines is 2. The average molecular weight is 507 g/mol. The Balaban J connectivity index is 1.27. The van der Waals surface area contributed by atoms with Crippen molar-refractivity contribution in [3.8, 4) is 0 Å². The van der Waals surface area contributed by atoms with Crippen molar-refractivity contribution in [1.82, 2.24) is 10.2 Å². The Morgan fingerprint density at radius 1 is 0.914 bits per heavy atom. The van der Waals surface area contributed by atoms with Crippen LogP contribution >= 0.6 is 23.8 Å². The smallest absolute Gasteiger partial charge is 0.257 e. The van der Waals surface area contributed by atoms with Gasteiger partial charge in [-0.1, -0.05) is 36.7 Å². The van der Waals surface area contributed by atoms with Gasteiger partial charge in [-0.3, -0.25) is 14.9 Å². The first-order valence-electron chi connectivity index (χ1n) is 11.5. The standard InChI is InChI=1S/C27H27ClN4O2S/c1-2-19-6-8-20(9-7-19)26(34)32-16-14-31(15-17-32)24-12-10-23(11-13-24)29-27(35)30-25(33)21-4-3-5-22(28)18-21/h3-13,18H,2,14-17H2,1H3,(H2,29,30,33,35). The lowest BCUT2D eigenvalue weighted by Crippen LogP contribution is -2.48. The quantitative estimate of drug-likeness (QED) is 0.477. The highest BCUT2D eigenvalue weighted by Crippen LogP contribution is 2.20. The summed E-state index contributed by atoms with van der Waals surface area (Å²) in [5.74, 6) is -0.240. The molecule has 0 saturated carbocycles. The number of hydrogen-bond donors (Lipinski definition) is 2. The Morgan fingerprint density at radius 3 is 2.23 bits per heavy atom. The van der Waals surface area contributed by atoms with Crippen LogP contribution in [0.15, 0.2) is 72.8 Å². The fourth-order valence-corrected chi connectivity index (χ4v) is 4.36. The molecular formula is C27H27ClN4O2S. The Labute approximate surface area is 215 Å². The van der Waals surface area contributed by atoms with Crippen LogP contribution in [0.1, 0.15) is 33.2 Å². The number of aryl methyl sites for hydroxylation is 1. The van der Waals surface area contributed by atoms with Crippen LogP contribution in [0.2, 0.25) is 5.02 Å². The van der Waals surface area contributed by atoms with Crippen molar-refractivity contribution in [2.24, 2.45) is 0 Å². The van der Waals surface area contributed by atoms with E-state index in [4.69, 9.17) is 23.8 Å². The molecular weight excluding hydrogens is 480 g/mol. The van der Waals surface area contributed by atoms with Gasteiger partial charge in [-0.25, -0.2) is 0 Å². The summed E-state index contributed by atoms with van der Waals surface area (Å²) in [6.07, 6.45) is 0.963. The van der Waals surface area contributed by atoms with Gasteiger partial charge in [-0.15, -0.1) is 0 Å². The normalized spacial score (nSPS) is 13.3. The van der Waals surface area contributed by atoms with Crippen LogP contribution in [-0.4, -0.2) is 48.0 Å². The molecule has 0 aliphatic carbocycles. The van der Waals surface area contributed by atoms with Crippen LogP contribution in [-0.2, 0) is 6.42 Å². The molecule has 1 aliphatic heterocycles. The van der Waals surface area contributed by atoms with Gasteiger partial charge in [-0.2, -0.15) is 0 Å². The van der Waals surface area contributed by atoms with Gasteiger partial charge in [0, 0.05) is 53.7 Å². The molecule has 2 N–H and O–H groups in total. The van der Waals surface area contributed by atoms with Gasteiger partial charge in [0.1, 0.15) is 0 Å². The van der Waals surface area contributed by atoms with E-state index in [1.807, 2.05) is 53.4 Å². The maximum absolute atomic E-state index is 12.8. The average Bonchev–Trinajstić information content (AvgIpc) is 2.89. The Kier molecular flexibility index (Phi) is 8.00. The van der Waals surface area contributed by atoms with Crippen LogP contribution < -0.4 is 15.5 Å². The summed E-state index contributed by atoms with van der Waals surface area (Å²) < 4.78 is 0. The molecule has 1 fully saturated rings. The van der Waals surface area contributed by atoms with Crippen molar-refractivity contribution in [2.75, 3.05) is 36.4 Å². The SMILES string of the molecule is CCc1ccc(C(=O)N2CCN(c3ccc(NC(=S)NC(=O)c4cccc(Cl)c4)cc3)CC2)cc1. The molecule has 8 heteroatoms. The summed E-state index contributed by atoms with van der Waals surface area (Å²) in [4.78, 5) is 29.3. The third-order valence-corrected chi connectivity index (χ3v) is 6.42. The predicted octanol–water partition coefficient (Wildman–Crippen LogP) is 4.99. The van der Waals surface area contributed by atoms with E-state index in [0.717, 1.165) is 36.4 Å². The second kappa shape index (κ2) is 11.3. The number of nitrogens with one attached hydrogen (secondary N) is 2. The summed E-state index contributed by atoms with van der Waals surface area (Å²) in [5, 5.41) is 6.39. The van der Waals surface area contributed by atoms with E-state index in [2.05, 4.69) is 22.5 Å². The van der Waals surface area contributed by atoms with E-state index in [-0.39, 0.29) is 16.9 Å². The van der Waals surface area contributed by atoms with Crippen LogP contribution in [0.3, 0.4) is 0 Å². The molecule has 0 radical (unpaired) electrons. The molecule has 1 heterocycles. The number of nitrogens with zero attached hydrogens (tertiary/aromatic N) is 2. The number of carbonyl (C=O) groups excluding carboxylic acids is 2. The maximum atomic E-state index is 12.8. The number of amides is 2. The summed E-state index contributed by atoms with van der Waals surface area (Å²) in [5.41, 5.74) is 4.25. The highest BCUT2D eigenvalue weighted by Gasteiger charge is 2.22. The molecule has 0 atom stereocenters. The number of carbonyl (C=O) groups is 2. The lowest BCUT2D eigenvalue weighted by molar-refractivity contribution is 0.0746. The van der Waals surface area contributed by atoms with Crippen molar-refractivity contribution in [2.45, 2.75) is 13.3 Å². The number of benzene rings is 3. The van der Waals surface area contributed by atoms with Crippen LogP contribution in [0.25, 0.3) is 0 Å². The predicted molar refractivity (Wildman–Crippen MR) is 146 cm³/mol. The lowest BCUT2D eigenvalue weighted by Gasteiger charge is -2.36. The number of piperazine rings is 1. The van der Waals surface area contributed by atoms with Crippen molar-refractivity contribution in [3.05, 3.63) is 94.5 Å². The van der Waals surface area contributed by atoms with Crippen molar-refractivity contribution >= 4 is 52.1 Å². The fraction of sp³-hybridized carbons (Fsp3) is 0.222.